The van der Waals surface area contributed by atoms with Crippen LogP contribution in [0.1, 0.15) is 38.4 Å². The standard InChI is InChI=1S/C16H25N3O2/c1-11-13(6-7-14(20)21)15(18(5)17-11)19-9-8-12(10-19)16(2,3)4/h6-7,12H,8-10H2,1-5H3,(H,20,21)/b7-6+. The molecule has 0 amide bonds. The predicted octanol–water partition coefficient (Wildman–Crippen LogP) is 2.70. The number of nitrogens with zero attached hydrogens (tertiary/aromatic N) is 3. The number of aliphatic carboxylic acids is 1. The van der Waals surface area contributed by atoms with Crippen molar-refractivity contribution in [3.8, 4) is 0 Å². The van der Waals surface area contributed by atoms with Gasteiger partial charge in [-0.05, 0) is 30.8 Å². The number of hydrogen-bond acceptors (Lipinski definition) is 3. The molecule has 1 fully saturated rings. The zero-order valence-electron chi connectivity index (χ0n) is 13.6. The lowest BCUT2D eigenvalue weighted by Gasteiger charge is -2.27. The van der Waals surface area contributed by atoms with Crippen molar-refractivity contribution in [3.63, 3.8) is 0 Å². The molecule has 0 radical (unpaired) electrons. The van der Waals surface area contributed by atoms with Crippen LogP contribution >= 0.6 is 0 Å². The monoisotopic (exact) mass is 291 g/mol. The average Bonchev–Trinajstić information content (AvgIpc) is 2.90. The van der Waals surface area contributed by atoms with Crippen molar-refractivity contribution >= 4 is 17.9 Å². The van der Waals surface area contributed by atoms with Crippen LogP contribution in [0.2, 0.25) is 0 Å². The quantitative estimate of drug-likeness (QED) is 0.870. The zero-order chi connectivity index (χ0) is 15.8. The van der Waals surface area contributed by atoms with Crippen LogP contribution in [-0.2, 0) is 11.8 Å². The number of anilines is 1. The van der Waals surface area contributed by atoms with Crippen LogP contribution in [0, 0.1) is 18.3 Å². The van der Waals surface area contributed by atoms with E-state index in [1.165, 1.54) is 6.08 Å². The van der Waals surface area contributed by atoms with Crippen LogP contribution < -0.4 is 4.90 Å². The fourth-order valence-corrected chi connectivity index (χ4v) is 3.05. The average molecular weight is 291 g/mol. The first-order valence-corrected chi connectivity index (χ1v) is 7.39. The molecule has 1 atom stereocenters. The lowest BCUT2D eigenvalue weighted by molar-refractivity contribution is -0.131. The van der Waals surface area contributed by atoms with E-state index in [0.29, 0.717) is 11.3 Å². The van der Waals surface area contributed by atoms with E-state index in [4.69, 9.17) is 5.11 Å². The van der Waals surface area contributed by atoms with Gasteiger partial charge in [0.2, 0.25) is 0 Å². The van der Waals surface area contributed by atoms with Crippen LogP contribution in [0.5, 0.6) is 0 Å². The molecule has 116 valence electrons. The number of carbonyl (C=O) groups is 1. The summed E-state index contributed by atoms with van der Waals surface area (Å²) in [6.45, 7) is 10.7. The smallest absolute Gasteiger partial charge is 0.328 e. The molecule has 1 aromatic rings. The van der Waals surface area contributed by atoms with Crippen molar-refractivity contribution in [1.29, 1.82) is 0 Å². The van der Waals surface area contributed by atoms with Gasteiger partial charge in [0.15, 0.2) is 0 Å². The second-order valence-corrected chi connectivity index (χ2v) is 6.92. The molecule has 5 nitrogen and oxygen atoms in total. The van der Waals surface area contributed by atoms with Gasteiger partial charge in [0, 0.05) is 31.8 Å². The highest BCUT2D eigenvalue weighted by molar-refractivity contribution is 5.87. The second kappa shape index (κ2) is 5.54. The summed E-state index contributed by atoms with van der Waals surface area (Å²) >= 11 is 0. The molecular formula is C16H25N3O2. The highest BCUT2D eigenvalue weighted by atomic mass is 16.4. The van der Waals surface area contributed by atoms with Crippen molar-refractivity contribution in [3.05, 3.63) is 17.3 Å². The molecule has 1 aliphatic heterocycles. The van der Waals surface area contributed by atoms with Crippen molar-refractivity contribution < 1.29 is 9.90 Å². The number of carboxylic acids is 1. The van der Waals surface area contributed by atoms with Crippen molar-refractivity contribution in [2.75, 3.05) is 18.0 Å². The van der Waals surface area contributed by atoms with Crippen molar-refractivity contribution in [2.24, 2.45) is 18.4 Å². The number of rotatable bonds is 3. The van der Waals surface area contributed by atoms with E-state index in [1.807, 2.05) is 18.7 Å². The van der Waals surface area contributed by atoms with E-state index < -0.39 is 5.97 Å². The van der Waals surface area contributed by atoms with Gasteiger partial charge in [0.25, 0.3) is 0 Å². The Balaban J connectivity index is 2.30. The molecule has 2 heterocycles. The van der Waals surface area contributed by atoms with Crippen LogP contribution in [0.25, 0.3) is 6.08 Å². The summed E-state index contributed by atoms with van der Waals surface area (Å²) in [4.78, 5) is 13.1. The molecule has 0 bridgehead atoms. The van der Waals surface area contributed by atoms with Crippen LogP contribution in [0.3, 0.4) is 0 Å². The van der Waals surface area contributed by atoms with Gasteiger partial charge in [0.1, 0.15) is 5.82 Å². The minimum atomic E-state index is -0.932. The maximum atomic E-state index is 10.8. The summed E-state index contributed by atoms with van der Waals surface area (Å²) in [6, 6.07) is 0. The lowest BCUT2D eigenvalue weighted by atomic mass is 9.80. The minimum absolute atomic E-state index is 0.291. The fraction of sp³-hybridized carbons (Fsp3) is 0.625. The molecule has 1 aromatic heterocycles. The molecular weight excluding hydrogens is 266 g/mol. The third kappa shape index (κ3) is 3.28. The Morgan fingerprint density at radius 1 is 1.43 bits per heavy atom. The van der Waals surface area contributed by atoms with Crippen LogP contribution in [0.4, 0.5) is 5.82 Å². The first kappa shape index (κ1) is 15.6. The lowest BCUT2D eigenvalue weighted by Crippen LogP contribution is -2.27. The van der Waals surface area contributed by atoms with Gasteiger partial charge >= 0.3 is 5.97 Å². The predicted molar refractivity (Wildman–Crippen MR) is 84.4 cm³/mol. The number of carboxylic acid groups (broad SMARTS) is 1. The Hall–Kier alpha value is -1.78. The fourth-order valence-electron chi connectivity index (χ4n) is 3.05. The van der Waals surface area contributed by atoms with Gasteiger partial charge in [-0.3, -0.25) is 4.68 Å². The molecule has 0 saturated carbocycles. The zero-order valence-corrected chi connectivity index (χ0v) is 13.6. The first-order valence-electron chi connectivity index (χ1n) is 7.39. The summed E-state index contributed by atoms with van der Waals surface area (Å²) < 4.78 is 1.86. The third-order valence-electron chi connectivity index (χ3n) is 4.34. The molecule has 1 aliphatic rings. The molecule has 0 aliphatic carbocycles. The van der Waals surface area contributed by atoms with E-state index in [2.05, 4.69) is 30.8 Å². The number of aromatic nitrogens is 2. The summed E-state index contributed by atoms with van der Waals surface area (Å²) in [5.41, 5.74) is 2.07. The van der Waals surface area contributed by atoms with Gasteiger partial charge in [0.05, 0.1) is 5.69 Å². The maximum absolute atomic E-state index is 10.8. The molecule has 5 heteroatoms. The minimum Gasteiger partial charge on any atom is -0.478 e. The van der Waals surface area contributed by atoms with Gasteiger partial charge in [-0.25, -0.2) is 4.79 Å². The summed E-state index contributed by atoms with van der Waals surface area (Å²) in [7, 11) is 1.92. The molecule has 1 N–H and O–H groups in total. The maximum Gasteiger partial charge on any atom is 0.328 e. The van der Waals surface area contributed by atoms with Crippen LogP contribution in [-0.4, -0.2) is 33.9 Å². The SMILES string of the molecule is Cc1nn(C)c(N2CCC(C(C)(C)C)C2)c1/C=C/C(=O)O. The molecule has 1 saturated heterocycles. The van der Waals surface area contributed by atoms with Gasteiger partial charge in [-0.15, -0.1) is 0 Å². The van der Waals surface area contributed by atoms with E-state index in [-0.39, 0.29) is 0 Å². The molecule has 21 heavy (non-hydrogen) atoms. The summed E-state index contributed by atoms with van der Waals surface area (Å²) in [6.07, 6.45) is 4.01. The topological polar surface area (TPSA) is 58.4 Å². The normalized spacial score (nSPS) is 19.7. The molecule has 1 unspecified atom stereocenters. The van der Waals surface area contributed by atoms with Crippen LogP contribution in [0.15, 0.2) is 6.08 Å². The van der Waals surface area contributed by atoms with E-state index in [0.717, 1.165) is 36.6 Å². The Morgan fingerprint density at radius 3 is 2.62 bits per heavy atom. The highest BCUT2D eigenvalue weighted by Gasteiger charge is 2.33. The van der Waals surface area contributed by atoms with Gasteiger partial charge in [-0.2, -0.15) is 5.10 Å². The Bertz CT molecular complexity index is 567. The van der Waals surface area contributed by atoms with E-state index in [9.17, 15) is 4.79 Å². The Labute approximate surface area is 126 Å². The summed E-state index contributed by atoms with van der Waals surface area (Å²) in [5, 5.41) is 13.3. The molecule has 0 aromatic carbocycles. The number of aryl methyl sites for hydroxylation is 2. The summed E-state index contributed by atoms with van der Waals surface area (Å²) in [5.74, 6) is 0.735. The van der Waals surface area contributed by atoms with Gasteiger partial charge < -0.3 is 10.0 Å². The Kier molecular flexibility index (Phi) is 4.12. The molecule has 2 rings (SSSR count). The molecule has 0 spiro atoms. The van der Waals surface area contributed by atoms with Crippen molar-refractivity contribution in [1.82, 2.24) is 9.78 Å². The third-order valence-corrected chi connectivity index (χ3v) is 4.34. The largest absolute Gasteiger partial charge is 0.478 e. The van der Waals surface area contributed by atoms with E-state index in [1.54, 1.807) is 6.08 Å². The second-order valence-electron chi connectivity index (χ2n) is 6.92. The highest BCUT2D eigenvalue weighted by Crippen LogP contribution is 2.37. The van der Waals surface area contributed by atoms with Gasteiger partial charge in [-0.1, -0.05) is 20.8 Å². The first-order chi connectivity index (χ1) is 9.70. The van der Waals surface area contributed by atoms with Crippen molar-refractivity contribution in [2.45, 2.75) is 34.1 Å². The Morgan fingerprint density at radius 2 is 2.10 bits per heavy atom. The number of hydrogen-bond donors (Lipinski definition) is 1. The van der Waals surface area contributed by atoms with E-state index >= 15 is 0 Å².